The number of ether oxygens (including phenoxy) is 1. The van der Waals surface area contributed by atoms with Crippen LogP contribution in [0, 0.1) is 17.2 Å². The fourth-order valence-electron chi connectivity index (χ4n) is 2.65. The van der Waals surface area contributed by atoms with Gasteiger partial charge in [-0.1, -0.05) is 5.16 Å². The van der Waals surface area contributed by atoms with Gasteiger partial charge in [-0.2, -0.15) is 10.2 Å². The summed E-state index contributed by atoms with van der Waals surface area (Å²) in [7, 11) is 1.70. The van der Waals surface area contributed by atoms with Gasteiger partial charge in [0.25, 0.3) is 0 Å². The van der Waals surface area contributed by atoms with Gasteiger partial charge in [0.1, 0.15) is 5.60 Å². The molecule has 0 saturated heterocycles. The van der Waals surface area contributed by atoms with Gasteiger partial charge in [0.05, 0.1) is 17.9 Å². The van der Waals surface area contributed by atoms with Crippen LogP contribution in [0.1, 0.15) is 49.7 Å². The predicted octanol–water partition coefficient (Wildman–Crippen LogP) is 2.11. The smallest absolute Gasteiger partial charge is 0.231 e. The molecule has 0 spiro atoms. The molecule has 1 aromatic rings. The molecular formula is C12H15N3O2. The lowest BCUT2D eigenvalue weighted by molar-refractivity contribution is -0.0178. The van der Waals surface area contributed by atoms with Gasteiger partial charge in [0.2, 0.25) is 11.7 Å². The molecule has 0 amide bonds. The van der Waals surface area contributed by atoms with Crippen LogP contribution in [0.5, 0.6) is 0 Å². The first-order valence-corrected chi connectivity index (χ1v) is 6.08. The van der Waals surface area contributed by atoms with E-state index < -0.39 is 0 Å². The summed E-state index contributed by atoms with van der Waals surface area (Å²) in [6.07, 6.45) is 5.03. The van der Waals surface area contributed by atoms with Gasteiger partial charge in [-0.05, 0) is 32.1 Å². The minimum absolute atomic E-state index is 0.0605. The van der Waals surface area contributed by atoms with Crippen molar-refractivity contribution in [3.8, 4) is 6.07 Å². The third-order valence-corrected chi connectivity index (χ3v) is 3.92. The summed E-state index contributed by atoms with van der Waals surface area (Å²) in [5, 5.41) is 12.8. The Balaban J connectivity index is 1.83. The maximum absolute atomic E-state index is 8.79. The molecule has 2 saturated carbocycles. The number of methoxy groups -OCH3 is 1. The topological polar surface area (TPSA) is 71.9 Å². The van der Waals surface area contributed by atoms with E-state index in [4.69, 9.17) is 14.5 Å². The number of aromatic nitrogens is 2. The summed E-state index contributed by atoms with van der Waals surface area (Å²) in [5.74, 6) is 1.48. The van der Waals surface area contributed by atoms with Crippen molar-refractivity contribution in [2.75, 3.05) is 7.11 Å². The summed E-state index contributed by atoms with van der Waals surface area (Å²) in [6, 6.07) is 2.23. The van der Waals surface area contributed by atoms with E-state index >= 15 is 0 Å². The first-order valence-electron chi connectivity index (χ1n) is 6.08. The van der Waals surface area contributed by atoms with Crippen LogP contribution in [-0.4, -0.2) is 17.3 Å². The predicted molar refractivity (Wildman–Crippen MR) is 57.9 cm³/mol. The van der Waals surface area contributed by atoms with E-state index in [1.807, 2.05) is 0 Å². The van der Waals surface area contributed by atoms with Crippen molar-refractivity contribution in [3.63, 3.8) is 0 Å². The standard InChI is InChI=1S/C12H15N3O2/c1-16-12(4-2-3-5-12)11-14-10(17-15-11)9-6-8(9)7-13/h8-9H,2-6H2,1H3. The maximum atomic E-state index is 8.79. The minimum Gasteiger partial charge on any atom is -0.370 e. The van der Waals surface area contributed by atoms with Gasteiger partial charge in [-0.15, -0.1) is 0 Å². The average molecular weight is 233 g/mol. The fourth-order valence-corrected chi connectivity index (χ4v) is 2.65. The lowest BCUT2D eigenvalue weighted by Gasteiger charge is -2.22. The fraction of sp³-hybridized carbons (Fsp3) is 0.750. The first kappa shape index (κ1) is 10.7. The number of nitriles is 1. The van der Waals surface area contributed by atoms with Crippen molar-refractivity contribution >= 4 is 0 Å². The zero-order chi connectivity index (χ0) is 11.9. The summed E-state index contributed by atoms with van der Waals surface area (Å²) < 4.78 is 10.9. The average Bonchev–Trinajstić information content (AvgIpc) is 2.82. The monoisotopic (exact) mass is 233 g/mol. The van der Waals surface area contributed by atoms with Crippen LogP contribution in [-0.2, 0) is 10.3 Å². The van der Waals surface area contributed by atoms with Gasteiger partial charge >= 0.3 is 0 Å². The first-order chi connectivity index (χ1) is 8.29. The molecule has 90 valence electrons. The number of hydrogen-bond acceptors (Lipinski definition) is 5. The second-order valence-electron chi connectivity index (χ2n) is 4.94. The van der Waals surface area contributed by atoms with Crippen LogP contribution < -0.4 is 0 Å². The Morgan fingerprint density at radius 3 is 2.82 bits per heavy atom. The number of nitrogens with zero attached hydrogens (tertiary/aromatic N) is 3. The highest BCUT2D eigenvalue weighted by atomic mass is 16.5. The van der Waals surface area contributed by atoms with E-state index in [0.717, 1.165) is 32.1 Å². The van der Waals surface area contributed by atoms with Crippen molar-refractivity contribution in [1.29, 1.82) is 5.26 Å². The normalized spacial score (nSPS) is 30.1. The van der Waals surface area contributed by atoms with Gasteiger partial charge in [-0.3, -0.25) is 0 Å². The molecule has 0 bridgehead atoms. The molecule has 1 aromatic heterocycles. The van der Waals surface area contributed by atoms with E-state index in [0.29, 0.717) is 11.7 Å². The zero-order valence-electron chi connectivity index (χ0n) is 9.85. The minimum atomic E-state index is -0.348. The van der Waals surface area contributed by atoms with E-state index in [9.17, 15) is 0 Å². The molecule has 17 heavy (non-hydrogen) atoms. The molecule has 0 radical (unpaired) electrons. The van der Waals surface area contributed by atoms with E-state index in [1.54, 1.807) is 7.11 Å². The molecule has 1 heterocycles. The van der Waals surface area contributed by atoms with Gasteiger partial charge in [-0.25, -0.2) is 0 Å². The molecular weight excluding hydrogens is 218 g/mol. The highest BCUT2D eigenvalue weighted by Crippen LogP contribution is 2.47. The molecule has 5 nitrogen and oxygen atoms in total. The molecule has 0 aromatic carbocycles. The van der Waals surface area contributed by atoms with Crippen LogP contribution in [0.25, 0.3) is 0 Å². The number of hydrogen-bond donors (Lipinski definition) is 0. The van der Waals surface area contributed by atoms with E-state index in [1.165, 1.54) is 0 Å². The van der Waals surface area contributed by atoms with Crippen LogP contribution >= 0.6 is 0 Å². The molecule has 5 heteroatoms. The molecule has 0 aliphatic heterocycles. The molecule has 0 N–H and O–H groups in total. The molecule has 3 rings (SSSR count). The Labute approximate surface area is 99.8 Å². The molecule has 2 fully saturated rings. The second-order valence-corrected chi connectivity index (χ2v) is 4.94. The highest BCUT2D eigenvalue weighted by Gasteiger charge is 2.46. The maximum Gasteiger partial charge on any atom is 0.231 e. The molecule has 2 unspecified atom stereocenters. The van der Waals surface area contributed by atoms with Gasteiger partial charge < -0.3 is 9.26 Å². The van der Waals surface area contributed by atoms with Crippen molar-refractivity contribution < 1.29 is 9.26 Å². The van der Waals surface area contributed by atoms with Crippen molar-refractivity contribution in [2.45, 2.75) is 43.6 Å². The Morgan fingerprint density at radius 2 is 2.24 bits per heavy atom. The molecule has 2 aliphatic rings. The highest BCUT2D eigenvalue weighted by molar-refractivity contribution is 5.16. The van der Waals surface area contributed by atoms with Crippen LogP contribution in [0.4, 0.5) is 0 Å². The molecule has 2 aliphatic carbocycles. The van der Waals surface area contributed by atoms with E-state index in [-0.39, 0.29) is 17.4 Å². The molecule has 2 atom stereocenters. The Kier molecular flexibility index (Phi) is 2.40. The van der Waals surface area contributed by atoms with Crippen LogP contribution in [0.15, 0.2) is 4.52 Å². The lowest BCUT2D eigenvalue weighted by atomic mass is 10.0. The largest absolute Gasteiger partial charge is 0.370 e. The summed E-state index contributed by atoms with van der Waals surface area (Å²) in [6.45, 7) is 0. The van der Waals surface area contributed by atoms with Crippen LogP contribution in [0.2, 0.25) is 0 Å². The second kappa shape index (κ2) is 3.81. The third-order valence-electron chi connectivity index (χ3n) is 3.92. The Hall–Kier alpha value is -1.41. The third kappa shape index (κ3) is 1.64. The van der Waals surface area contributed by atoms with Crippen molar-refractivity contribution in [2.24, 2.45) is 5.92 Å². The number of rotatable bonds is 3. The zero-order valence-corrected chi connectivity index (χ0v) is 9.85. The Morgan fingerprint density at radius 1 is 1.47 bits per heavy atom. The van der Waals surface area contributed by atoms with Crippen molar-refractivity contribution in [1.82, 2.24) is 10.1 Å². The summed E-state index contributed by atoms with van der Waals surface area (Å²) in [4.78, 5) is 4.44. The van der Waals surface area contributed by atoms with E-state index in [2.05, 4.69) is 16.2 Å². The lowest BCUT2D eigenvalue weighted by Crippen LogP contribution is -2.26. The summed E-state index contributed by atoms with van der Waals surface area (Å²) in [5.41, 5.74) is -0.348. The SMILES string of the molecule is COC1(c2noc(C3CC3C#N)n2)CCCC1. The quantitative estimate of drug-likeness (QED) is 0.799. The van der Waals surface area contributed by atoms with Gasteiger partial charge in [0.15, 0.2) is 0 Å². The van der Waals surface area contributed by atoms with Crippen LogP contribution in [0.3, 0.4) is 0 Å². The van der Waals surface area contributed by atoms with Gasteiger partial charge in [0, 0.05) is 7.11 Å². The summed E-state index contributed by atoms with van der Waals surface area (Å²) >= 11 is 0. The Bertz CT molecular complexity index is 457. The van der Waals surface area contributed by atoms with Crippen molar-refractivity contribution in [3.05, 3.63) is 11.7 Å².